The Balaban J connectivity index is 1.42. The highest BCUT2D eigenvalue weighted by Crippen LogP contribution is 2.35. The summed E-state index contributed by atoms with van der Waals surface area (Å²) in [6.45, 7) is 0. The molecule has 29 heavy (non-hydrogen) atoms. The molecule has 0 spiro atoms. The van der Waals surface area contributed by atoms with E-state index in [1.54, 1.807) is 17.2 Å². The van der Waals surface area contributed by atoms with Crippen LogP contribution in [-0.2, 0) is 11.8 Å². The van der Waals surface area contributed by atoms with Gasteiger partial charge in [-0.1, -0.05) is 30.0 Å². The second-order valence-corrected chi connectivity index (χ2v) is 7.62. The zero-order valence-corrected chi connectivity index (χ0v) is 16.4. The number of amides is 1. The normalized spacial score (nSPS) is 16.5. The molecule has 1 atom stereocenters. The lowest BCUT2D eigenvalue weighted by atomic mass is 10.1. The van der Waals surface area contributed by atoms with Crippen molar-refractivity contribution >= 4 is 34.3 Å². The van der Waals surface area contributed by atoms with E-state index < -0.39 is 0 Å². The lowest BCUT2D eigenvalue weighted by Crippen LogP contribution is -2.28. The van der Waals surface area contributed by atoms with E-state index in [2.05, 4.69) is 15.3 Å². The van der Waals surface area contributed by atoms with Crippen LogP contribution in [0, 0.1) is 0 Å². The third-order valence-electron chi connectivity index (χ3n) is 4.74. The summed E-state index contributed by atoms with van der Waals surface area (Å²) in [6, 6.07) is 13.1. The number of fused-ring (bicyclic) bond motifs is 1. The van der Waals surface area contributed by atoms with Crippen molar-refractivity contribution < 1.29 is 13.6 Å². The van der Waals surface area contributed by atoms with Gasteiger partial charge in [0.15, 0.2) is 10.9 Å². The number of hydrogen-bond acceptors (Lipinski definition) is 7. The van der Waals surface area contributed by atoms with E-state index in [0.717, 1.165) is 16.7 Å². The standard InChI is InChI=1S/C20H17N5O3S/c1-24-12-21-22-20(24)29-11-19(26)25-15(17-7-4-8-27-17)10-14(23-25)18-9-13-5-2-3-6-16(13)28-18/h2-9,12,15H,10-11H2,1H3. The van der Waals surface area contributed by atoms with E-state index in [0.29, 0.717) is 23.1 Å². The average Bonchev–Trinajstić information content (AvgIpc) is 3.51. The predicted molar refractivity (Wildman–Crippen MR) is 107 cm³/mol. The van der Waals surface area contributed by atoms with Crippen molar-refractivity contribution in [1.29, 1.82) is 0 Å². The fourth-order valence-electron chi connectivity index (χ4n) is 3.31. The molecule has 4 aromatic rings. The Morgan fingerprint density at radius 1 is 1.28 bits per heavy atom. The molecule has 0 aliphatic carbocycles. The summed E-state index contributed by atoms with van der Waals surface area (Å²) in [6.07, 6.45) is 3.73. The lowest BCUT2D eigenvalue weighted by Gasteiger charge is -2.19. The Morgan fingerprint density at radius 3 is 2.93 bits per heavy atom. The summed E-state index contributed by atoms with van der Waals surface area (Å²) in [4.78, 5) is 13.0. The summed E-state index contributed by atoms with van der Waals surface area (Å²) in [5.41, 5.74) is 1.52. The number of aromatic nitrogens is 3. The Labute approximate surface area is 170 Å². The molecule has 0 bridgehead atoms. The van der Waals surface area contributed by atoms with Gasteiger partial charge in [0.2, 0.25) is 0 Å². The van der Waals surface area contributed by atoms with Crippen LogP contribution >= 0.6 is 11.8 Å². The summed E-state index contributed by atoms with van der Waals surface area (Å²) < 4.78 is 13.3. The minimum Gasteiger partial charge on any atom is -0.467 e. The van der Waals surface area contributed by atoms with Crippen LogP contribution in [0.25, 0.3) is 11.0 Å². The number of aryl methyl sites for hydroxylation is 1. The first-order valence-corrected chi connectivity index (χ1v) is 10.1. The quantitative estimate of drug-likeness (QED) is 0.470. The Bertz CT molecular complexity index is 1160. The predicted octanol–water partition coefficient (Wildman–Crippen LogP) is 3.62. The van der Waals surface area contributed by atoms with Gasteiger partial charge in [0.1, 0.15) is 29.4 Å². The summed E-state index contributed by atoms with van der Waals surface area (Å²) in [7, 11) is 1.84. The number of rotatable bonds is 5. The van der Waals surface area contributed by atoms with Crippen molar-refractivity contribution in [3.05, 3.63) is 66.6 Å². The van der Waals surface area contributed by atoms with Crippen LogP contribution in [-0.4, -0.2) is 37.1 Å². The molecule has 1 aliphatic rings. The summed E-state index contributed by atoms with van der Waals surface area (Å²) in [5, 5.41) is 15.6. The number of hydrogen-bond donors (Lipinski definition) is 0. The van der Waals surface area contributed by atoms with E-state index in [9.17, 15) is 4.79 Å². The van der Waals surface area contributed by atoms with Crippen LogP contribution in [0.1, 0.15) is 24.0 Å². The number of carbonyl (C=O) groups is 1. The summed E-state index contributed by atoms with van der Waals surface area (Å²) in [5.74, 6) is 1.42. The number of para-hydroxylation sites is 1. The zero-order chi connectivity index (χ0) is 19.8. The SMILES string of the molecule is Cn1cnnc1SCC(=O)N1N=C(c2cc3ccccc3o2)CC1c1ccco1. The minimum absolute atomic E-state index is 0.134. The molecular weight excluding hydrogens is 390 g/mol. The molecule has 0 saturated carbocycles. The first-order chi connectivity index (χ1) is 14.2. The molecule has 3 aromatic heterocycles. The first-order valence-electron chi connectivity index (χ1n) is 9.08. The van der Waals surface area contributed by atoms with Crippen LogP contribution < -0.4 is 0 Å². The van der Waals surface area contributed by atoms with Crippen LogP contribution in [0.2, 0.25) is 0 Å². The fourth-order valence-corrected chi connectivity index (χ4v) is 4.05. The van der Waals surface area contributed by atoms with E-state index >= 15 is 0 Å². The summed E-state index contributed by atoms with van der Waals surface area (Å²) >= 11 is 1.32. The maximum absolute atomic E-state index is 13.0. The number of thioether (sulfide) groups is 1. The highest BCUT2D eigenvalue weighted by Gasteiger charge is 2.36. The molecule has 0 fully saturated rings. The van der Waals surface area contributed by atoms with Gasteiger partial charge in [-0.15, -0.1) is 10.2 Å². The van der Waals surface area contributed by atoms with E-state index in [4.69, 9.17) is 8.83 Å². The number of furan rings is 2. The van der Waals surface area contributed by atoms with Crippen molar-refractivity contribution in [2.24, 2.45) is 12.1 Å². The number of benzene rings is 1. The molecule has 1 aliphatic heterocycles. The van der Waals surface area contributed by atoms with Crippen molar-refractivity contribution in [3.63, 3.8) is 0 Å². The van der Waals surface area contributed by atoms with Crippen LogP contribution in [0.15, 0.2) is 74.1 Å². The first kappa shape index (κ1) is 17.7. The number of carbonyl (C=O) groups excluding carboxylic acids is 1. The fraction of sp³-hybridized carbons (Fsp3) is 0.200. The maximum Gasteiger partial charge on any atom is 0.253 e. The van der Waals surface area contributed by atoms with Gasteiger partial charge in [0.05, 0.1) is 12.0 Å². The molecule has 8 nitrogen and oxygen atoms in total. The number of hydrazone groups is 1. The van der Waals surface area contributed by atoms with Gasteiger partial charge >= 0.3 is 0 Å². The lowest BCUT2D eigenvalue weighted by molar-refractivity contribution is -0.130. The molecule has 0 N–H and O–H groups in total. The van der Waals surface area contributed by atoms with Crippen molar-refractivity contribution in [2.75, 3.05) is 5.75 Å². The van der Waals surface area contributed by atoms with E-state index in [-0.39, 0.29) is 17.7 Å². The highest BCUT2D eigenvalue weighted by molar-refractivity contribution is 7.99. The molecule has 146 valence electrons. The third kappa shape index (κ3) is 3.33. The van der Waals surface area contributed by atoms with Crippen molar-refractivity contribution in [2.45, 2.75) is 17.6 Å². The minimum atomic E-state index is -0.305. The Hall–Kier alpha value is -3.33. The molecule has 4 heterocycles. The van der Waals surface area contributed by atoms with Crippen molar-refractivity contribution in [1.82, 2.24) is 19.8 Å². The second-order valence-electron chi connectivity index (χ2n) is 6.68. The largest absolute Gasteiger partial charge is 0.467 e. The molecular formula is C20H17N5O3S. The van der Waals surface area contributed by atoms with Crippen LogP contribution in [0.5, 0.6) is 0 Å². The molecule has 1 unspecified atom stereocenters. The van der Waals surface area contributed by atoms with Gasteiger partial charge in [-0.25, -0.2) is 5.01 Å². The smallest absolute Gasteiger partial charge is 0.253 e. The molecule has 1 aromatic carbocycles. The van der Waals surface area contributed by atoms with Crippen LogP contribution in [0.3, 0.4) is 0 Å². The topological polar surface area (TPSA) is 89.7 Å². The molecule has 1 amide bonds. The van der Waals surface area contributed by atoms with Crippen molar-refractivity contribution in [3.8, 4) is 0 Å². The maximum atomic E-state index is 13.0. The van der Waals surface area contributed by atoms with Crippen LogP contribution in [0.4, 0.5) is 0 Å². The molecule has 5 rings (SSSR count). The Morgan fingerprint density at radius 2 is 2.17 bits per heavy atom. The van der Waals surface area contributed by atoms with E-state index in [1.165, 1.54) is 16.8 Å². The average molecular weight is 407 g/mol. The number of nitrogens with zero attached hydrogens (tertiary/aromatic N) is 5. The Kier molecular flexibility index (Phi) is 4.44. The van der Waals surface area contributed by atoms with Gasteiger partial charge in [0.25, 0.3) is 5.91 Å². The second kappa shape index (κ2) is 7.25. The highest BCUT2D eigenvalue weighted by atomic mass is 32.2. The van der Waals surface area contributed by atoms with Gasteiger partial charge in [0, 0.05) is 18.9 Å². The van der Waals surface area contributed by atoms with Gasteiger partial charge in [-0.3, -0.25) is 4.79 Å². The molecule has 0 saturated heterocycles. The van der Waals surface area contributed by atoms with Gasteiger partial charge in [-0.05, 0) is 24.3 Å². The third-order valence-corrected chi connectivity index (χ3v) is 5.76. The van der Waals surface area contributed by atoms with Gasteiger partial charge < -0.3 is 13.4 Å². The monoisotopic (exact) mass is 407 g/mol. The molecule has 9 heteroatoms. The molecule has 0 radical (unpaired) electrons. The zero-order valence-electron chi connectivity index (χ0n) is 15.6. The van der Waals surface area contributed by atoms with Gasteiger partial charge in [-0.2, -0.15) is 5.10 Å². The van der Waals surface area contributed by atoms with E-state index in [1.807, 2.05) is 49.5 Å².